The van der Waals surface area contributed by atoms with Crippen LogP contribution in [0.2, 0.25) is 0 Å². The van der Waals surface area contributed by atoms with E-state index in [1.807, 2.05) is 32.9 Å². The van der Waals surface area contributed by atoms with Crippen LogP contribution in [0.5, 0.6) is 0 Å². The Hall–Kier alpha value is -2.11. The standard InChI is InChI=1S/C15H22N4O2/c1-15(2,3)21-14(20)17-8-4-5-10-19-11-18-13-12(19)7-6-9-16-13/h6-7,9,11H,4-5,8,10H2,1-3H3,(H,17,20). The fourth-order valence-electron chi connectivity index (χ4n) is 1.99. The second-order valence-electron chi connectivity index (χ2n) is 5.92. The van der Waals surface area contributed by atoms with E-state index in [0.29, 0.717) is 6.54 Å². The third-order valence-electron chi connectivity index (χ3n) is 2.89. The number of nitrogens with zero attached hydrogens (tertiary/aromatic N) is 3. The summed E-state index contributed by atoms with van der Waals surface area (Å²) in [6.07, 6.45) is 5.03. The van der Waals surface area contributed by atoms with Crippen LogP contribution in [0, 0.1) is 0 Å². The van der Waals surface area contributed by atoms with Crippen molar-refractivity contribution in [3.8, 4) is 0 Å². The monoisotopic (exact) mass is 290 g/mol. The van der Waals surface area contributed by atoms with E-state index < -0.39 is 5.60 Å². The van der Waals surface area contributed by atoms with Crippen LogP contribution >= 0.6 is 0 Å². The molecule has 21 heavy (non-hydrogen) atoms. The normalized spacial score (nSPS) is 11.6. The number of hydrogen-bond donors (Lipinski definition) is 1. The topological polar surface area (TPSA) is 69.0 Å². The molecule has 0 bridgehead atoms. The lowest BCUT2D eigenvalue weighted by Crippen LogP contribution is -2.33. The number of fused-ring (bicyclic) bond motifs is 1. The van der Waals surface area contributed by atoms with Gasteiger partial charge in [0.15, 0.2) is 5.65 Å². The first-order valence-corrected chi connectivity index (χ1v) is 7.18. The minimum absolute atomic E-state index is 0.361. The van der Waals surface area contributed by atoms with Gasteiger partial charge in [-0.1, -0.05) is 0 Å². The van der Waals surface area contributed by atoms with Crippen LogP contribution in [0.4, 0.5) is 4.79 Å². The Bertz CT molecular complexity index is 601. The Kier molecular flexibility index (Phi) is 4.77. The number of rotatable bonds is 5. The molecular weight excluding hydrogens is 268 g/mol. The average molecular weight is 290 g/mol. The van der Waals surface area contributed by atoms with Crippen molar-refractivity contribution in [2.24, 2.45) is 0 Å². The second-order valence-corrected chi connectivity index (χ2v) is 5.92. The first kappa shape index (κ1) is 15.3. The number of carbonyl (C=O) groups excluding carboxylic acids is 1. The van der Waals surface area contributed by atoms with Crippen LogP contribution < -0.4 is 5.32 Å². The number of carbonyl (C=O) groups is 1. The van der Waals surface area contributed by atoms with E-state index in [9.17, 15) is 4.79 Å². The summed E-state index contributed by atoms with van der Waals surface area (Å²) < 4.78 is 7.25. The zero-order chi connectivity index (χ0) is 15.3. The molecule has 0 unspecified atom stereocenters. The van der Waals surface area contributed by atoms with Crippen LogP contribution in [0.1, 0.15) is 33.6 Å². The number of hydrogen-bond acceptors (Lipinski definition) is 4. The number of ether oxygens (including phenoxy) is 1. The maximum absolute atomic E-state index is 11.5. The van der Waals surface area contributed by atoms with Gasteiger partial charge in [-0.2, -0.15) is 0 Å². The second kappa shape index (κ2) is 6.56. The van der Waals surface area contributed by atoms with Crippen molar-refractivity contribution in [2.75, 3.05) is 6.54 Å². The van der Waals surface area contributed by atoms with Crippen molar-refractivity contribution >= 4 is 17.3 Å². The molecule has 0 radical (unpaired) electrons. The lowest BCUT2D eigenvalue weighted by atomic mass is 10.2. The van der Waals surface area contributed by atoms with Crippen LogP contribution in [-0.2, 0) is 11.3 Å². The Labute approximate surface area is 124 Å². The molecule has 2 aromatic heterocycles. The molecule has 2 aromatic rings. The molecule has 0 spiro atoms. The first-order valence-electron chi connectivity index (χ1n) is 7.18. The zero-order valence-corrected chi connectivity index (χ0v) is 12.8. The van der Waals surface area contributed by atoms with Crippen LogP contribution in [0.3, 0.4) is 0 Å². The Balaban J connectivity index is 1.70. The summed E-state index contributed by atoms with van der Waals surface area (Å²) in [4.78, 5) is 19.9. The lowest BCUT2D eigenvalue weighted by molar-refractivity contribution is 0.0527. The highest BCUT2D eigenvalue weighted by atomic mass is 16.6. The van der Waals surface area contributed by atoms with E-state index in [1.54, 1.807) is 12.5 Å². The molecule has 6 heteroatoms. The summed E-state index contributed by atoms with van der Waals surface area (Å²) >= 11 is 0. The number of pyridine rings is 1. The third kappa shape index (κ3) is 4.73. The van der Waals surface area contributed by atoms with Crippen molar-refractivity contribution in [3.63, 3.8) is 0 Å². The van der Waals surface area contributed by atoms with Gasteiger partial charge < -0.3 is 14.6 Å². The predicted octanol–water partition coefficient (Wildman–Crippen LogP) is 2.74. The summed E-state index contributed by atoms with van der Waals surface area (Å²) in [5.41, 5.74) is 1.36. The maximum atomic E-state index is 11.5. The van der Waals surface area contributed by atoms with Crippen molar-refractivity contribution in [1.29, 1.82) is 0 Å². The fraction of sp³-hybridized carbons (Fsp3) is 0.533. The molecule has 2 heterocycles. The van der Waals surface area contributed by atoms with Gasteiger partial charge in [-0.3, -0.25) is 0 Å². The number of alkyl carbamates (subject to hydrolysis) is 1. The van der Waals surface area contributed by atoms with Gasteiger partial charge in [-0.25, -0.2) is 14.8 Å². The minimum atomic E-state index is -0.452. The number of unbranched alkanes of at least 4 members (excludes halogenated alkanes) is 1. The molecule has 0 aliphatic heterocycles. The van der Waals surface area contributed by atoms with Crippen molar-refractivity contribution < 1.29 is 9.53 Å². The van der Waals surface area contributed by atoms with E-state index in [4.69, 9.17) is 4.74 Å². The van der Waals surface area contributed by atoms with Gasteiger partial charge in [-0.05, 0) is 45.7 Å². The molecule has 0 aliphatic carbocycles. The van der Waals surface area contributed by atoms with Gasteiger partial charge >= 0.3 is 6.09 Å². The summed E-state index contributed by atoms with van der Waals surface area (Å²) in [6, 6.07) is 3.92. The quantitative estimate of drug-likeness (QED) is 0.860. The highest BCUT2D eigenvalue weighted by Gasteiger charge is 2.15. The largest absolute Gasteiger partial charge is 0.444 e. The molecule has 2 rings (SSSR count). The van der Waals surface area contributed by atoms with Crippen LogP contribution in [0.25, 0.3) is 11.2 Å². The van der Waals surface area contributed by atoms with Gasteiger partial charge in [0, 0.05) is 19.3 Å². The number of aryl methyl sites for hydroxylation is 1. The van der Waals surface area contributed by atoms with Gasteiger partial charge in [-0.15, -0.1) is 0 Å². The number of nitrogens with one attached hydrogen (secondary N) is 1. The average Bonchev–Trinajstić information content (AvgIpc) is 2.80. The summed E-state index contributed by atoms with van der Waals surface area (Å²) in [5, 5.41) is 2.76. The minimum Gasteiger partial charge on any atom is -0.444 e. The molecule has 6 nitrogen and oxygen atoms in total. The molecule has 1 amide bonds. The van der Waals surface area contributed by atoms with Gasteiger partial charge in [0.05, 0.1) is 11.8 Å². The van der Waals surface area contributed by atoms with Gasteiger partial charge in [0.2, 0.25) is 0 Å². The Morgan fingerprint density at radius 3 is 2.90 bits per heavy atom. The van der Waals surface area contributed by atoms with Crippen molar-refractivity contribution in [2.45, 2.75) is 45.8 Å². The fourth-order valence-corrected chi connectivity index (χ4v) is 1.99. The molecule has 0 atom stereocenters. The highest BCUT2D eigenvalue weighted by molar-refractivity contribution is 5.70. The number of aromatic nitrogens is 3. The van der Waals surface area contributed by atoms with E-state index in [2.05, 4.69) is 19.9 Å². The zero-order valence-electron chi connectivity index (χ0n) is 12.8. The van der Waals surface area contributed by atoms with Crippen LogP contribution in [0.15, 0.2) is 24.7 Å². The molecule has 0 saturated heterocycles. The van der Waals surface area contributed by atoms with E-state index in [1.165, 1.54) is 0 Å². The first-order chi connectivity index (χ1) is 9.96. The van der Waals surface area contributed by atoms with Crippen molar-refractivity contribution in [3.05, 3.63) is 24.7 Å². The molecule has 1 N–H and O–H groups in total. The van der Waals surface area contributed by atoms with E-state index >= 15 is 0 Å². The molecule has 0 fully saturated rings. The van der Waals surface area contributed by atoms with Crippen molar-refractivity contribution in [1.82, 2.24) is 19.9 Å². The van der Waals surface area contributed by atoms with Crippen LogP contribution in [-0.4, -0.2) is 32.8 Å². The Morgan fingerprint density at radius 2 is 2.14 bits per heavy atom. The summed E-state index contributed by atoms with van der Waals surface area (Å²) in [7, 11) is 0. The van der Waals surface area contributed by atoms with E-state index in [0.717, 1.165) is 30.6 Å². The van der Waals surface area contributed by atoms with E-state index in [-0.39, 0.29) is 6.09 Å². The Morgan fingerprint density at radius 1 is 1.33 bits per heavy atom. The molecule has 0 saturated carbocycles. The molecular formula is C15H22N4O2. The van der Waals surface area contributed by atoms with Gasteiger partial charge in [0.1, 0.15) is 5.60 Å². The smallest absolute Gasteiger partial charge is 0.407 e. The number of amides is 1. The third-order valence-corrected chi connectivity index (χ3v) is 2.89. The highest BCUT2D eigenvalue weighted by Crippen LogP contribution is 2.10. The molecule has 0 aliphatic rings. The number of imidazole rings is 1. The maximum Gasteiger partial charge on any atom is 0.407 e. The predicted molar refractivity (Wildman–Crippen MR) is 81.0 cm³/mol. The SMILES string of the molecule is CC(C)(C)OC(=O)NCCCCn1cnc2ncccc21. The molecule has 114 valence electrons. The summed E-state index contributed by atoms with van der Waals surface area (Å²) in [6.45, 7) is 7.03. The molecule has 0 aromatic carbocycles. The lowest BCUT2D eigenvalue weighted by Gasteiger charge is -2.19. The summed E-state index contributed by atoms with van der Waals surface area (Å²) in [5.74, 6) is 0. The van der Waals surface area contributed by atoms with Gasteiger partial charge in [0.25, 0.3) is 0 Å².